The molecule has 9 heteroatoms. The number of Topliss-reactive ketones (excluding diaryl/α,β-unsaturated/α-hetero) is 1. The monoisotopic (exact) mass is 461 g/mol. The molecule has 0 saturated heterocycles. The average Bonchev–Trinajstić information content (AvgIpc) is 3.19. The Morgan fingerprint density at radius 1 is 1.28 bits per heavy atom. The number of nitriles is 1. The van der Waals surface area contributed by atoms with E-state index >= 15 is 0 Å². The smallest absolute Gasteiger partial charge is 0.236 e. The normalized spacial score (nSPS) is 16.0. The van der Waals surface area contributed by atoms with Crippen molar-refractivity contribution in [2.45, 2.75) is 19.8 Å². The first-order valence-electron chi connectivity index (χ1n) is 9.79. The first-order chi connectivity index (χ1) is 15.5. The number of thiazole rings is 1. The van der Waals surface area contributed by atoms with Gasteiger partial charge in [0.2, 0.25) is 5.91 Å². The van der Waals surface area contributed by atoms with Gasteiger partial charge in [0.15, 0.2) is 10.9 Å². The summed E-state index contributed by atoms with van der Waals surface area (Å²) in [6, 6.07) is 13.5. The number of hydrogen-bond donors (Lipinski definition) is 2. The zero-order valence-corrected chi connectivity index (χ0v) is 19.0. The van der Waals surface area contributed by atoms with Crippen LogP contribution in [0.5, 0.6) is 0 Å². The maximum absolute atomic E-state index is 12.6. The number of pyridine rings is 1. The van der Waals surface area contributed by atoms with Gasteiger partial charge in [0.25, 0.3) is 0 Å². The van der Waals surface area contributed by atoms with Gasteiger partial charge in [-0.3, -0.25) is 14.6 Å². The summed E-state index contributed by atoms with van der Waals surface area (Å²) in [5, 5.41) is 17.0. The SMILES string of the molecule is CC(=O)C1=C(C)NC(SCC(=O)Nc2nc3ccccc3s2)=C(C#N)[C@H]1c1cccnc1. The fourth-order valence-electron chi connectivity index (χ4n) is 3.59. The number of rotatable bonds is 6. The van der Waals surface area contributed by atoms with E-state index in [0.29, 0.717) is 27.0 Å². The van der Waals surface area contributed by atoms with E-state index in [1.54, 1.807) is 25.4 Å². The van der Waals surface area contributed by atoms with Crippen LogP contribution < -0.4 is 10.6 Å². The van der Waals surface area contributed by atoms with Crippen molar-refractivity contribution >= 4 is 50.1 Å². The Morgan fingerprint density at radius 2 is 2.09 bits per heavy atom. The predicted molar refractivity (Wildman–Crippen MR) is 127 cm³/mol. The number of dihydropyridines is 1. The lowest BCUT2D eigenvalue weighted by atomic mass is 9.81. The molecule has 3 aromatic rings. The molecular formula is C23H19N5O2S2. The van der Waals surface area contributed by atoms with Crippen molar-refractivity contribution in [3.05, 3.63) is 76.2 Å². The Morgan fingerprint density at radius 3 is 2.78 bits per heavy atom. The number of hydrogen-bond acceptors (Lipinski definition) is 8. The zero-order valence-electron chi connectivity index (χ0n) is 17.4. The topological polar surface area (TPSA) is 108 Å². The summed E-state index contributed by atoms with van der Waals surface area (Å²) in [6.07, 6.45) is 3.30. The Balaban J connectivity index is 1.55. The molecular weight excluding hydrogens is 442 g/mol. The number of amides is 1. The molecule has 32 heavy (non-hydrogen) atoms. The number of nitrogens with zero attached hydrogens (tertiary/aromatic N) is 3. The molecule has 3 heterocycles. The van der Waals surface area contributed by atoms with E-state index in [0.717, 1.165) is 15.8 Å². The van der Waals surface area contributed by atoms with Gasteiger partial charge in [-0.05, 0) is 37.6 Å². The third kappa shape index (κ3) is 4.42. The molecule has 1 amide bonds. The van der Waals surface area contributed by atoms with Crippen LogP contribution >= 0.6 is 23.1 Å². The summed E-state index contributed by atoms with van der Waals surface area (Å²) >= 11 is 2.63. The first kappa shape index (κ1) is 21.7. The minimum atomic E-state index is -0.526. The number of benzene rings is 1. The molecule has 1 atom stereocenters. The number of thioether (sulfide) groups is 1. The maximum Gasteiger partial charge on any atom is 0.236 e. The van der Waals surface area contributed by atoms with Gasteiger partial charge in [0.05, 0.1) is 38.6 Å². The molecule has 2 aromatic heterocycles. The van der Waals surface area contributed by atoms with Crippen LogP contribution in [0.3, 0.4) is 0 Å². The molecule has 0 aliphatic carbocycles. The fourth-order valence-corrected chi connectivity index (χ4v) is 5.37. The van der Waals surface area contributed by atoms with Gasteiger partial charge >= 0.3 is 0 Å². The van der Waals surface area contributed by atoms with Gasteiger partial charge < -0.3 is 10.6 Å². The molecule has 0 radical (unpaired) electrons. The van der Waals surface area contributed by atoms with Gasteiger partial charge in [-0.2, -0.15) is 5.26 Å². The van der Waals surface area contributed by atoms with Gasteiger partial charge in [0, 0.05) is 23.7 Å². The fraction of sp³-hybridized carbons (Fsp3) is 0.174. The Labute approximate surface area is 193 Å². The quantitative estimate of drug-likeness (QED) is 0.562. The van der Waals surface area contributed by atoms with Crippen molar-refractivity contribution in [2.24, 2.45) is 0 Å². The highest BCUT2D eigenvalue weighted by Gasteiger charge is 2.33. The molecule has 160 valence electrons. The molecule has 7 nitrogen and oxygen atoms in total. The largest absolute Gasteiger partial charge is 0.353 e. The highest BCUT2D eigenvalue weighted by atomic mass is 32.2. The van der Waals surface area contributed by atoms with Crippen molar-refractivity contribution in [1.29, 1.82) is 5.26 Å². The van der Waals surface area contributed by atoms with Gasteiger partial charge in [0.1, 0.15) is 0 Å². The van der Waals surface area contributed by atoms with E-state index in [-0.39, 0.29) is 17.4 Å². The summed E-state index contributed by atoms with van der Waals surface area (Å²) in [5.41, 5.74) is 3.18. The lowest BCUT2D eigenvalue weighted by Crippen LogP contribution is -2.27. The van der Waals surface area contributed by atoms with Crippen molar-refractivity contribution in [1.82, 2.24) is 15.3 Å². The van der Waals surface area contributed by atoms with Crippen molar-refractivity contribution in [3.63, 3.8) is 0 Å². The summed E-state index contributed by atoms with van der Waals surface area (Å²) in [4.78, 5) is 33.5. The number of nitrogens with one attached hydrogen (secondary N) is 2. The first-order valence-corrected chi connectivity index (χ1v) is 11.6. The molecule has 0 fully saturated rings. The molecule has 0 bridgehead atoms. The Hall–Kier alpha value is -3.48. The predicted octanol–water partition coefficient (Wildman–Crippen LogP) is 4.35. The number of carbonyl (C=O) groups is 2. The van der Waals surface area contributed by atoms with Crippen LogP contribution in [0.4, 0.5) is 5.13 Å². The number of anilines is 1. The lowest BCUT2D eigenvalue weighted by Gasteiger charge is -2.29. The number of para-hydroxylation sites is 1. The van der Waals surface area contributed by atoms with Gasteiger partial charge in [-0.1, -0.05) is 41.3 Å². The molecule has 0 saturated carbocycles. The third-order valence-electron chi connectivity index (χ3n) is 4.93. The van der Waals surface area contributed by atoms with E-state index in [1.807, 2.05) is 30.3 Å². The summed E-state index contributed by atoms with van der Waals surface area (Å²) in [6.45, 7) is 3.29. The van der Waals surface area contributed by atoms with E-state index < -0.39 is 5.92 Å². The number of carbonyl (C=O) groups excluding carboxylic acids is 2. The van der Waals surface area contributed by atoms with Crippen molar-refractivity contribution < 1.29 is 9.59 Å². The van der Waals surface area contributed by atoms with E-state index in [2.05, 4.69) is 26.7 Å². The zero-order chi connectivity index (χ0) is 22.7. The maximum atomic E-state index is 12.6. The van der Waals surface area contributed by atoms with E-state index in [4.69, 9.17) is 0 Å². The van der Waals surface area contributed by atoms with Crippen LogP contribution in [0, 0.1) is 11.3 Å². The highest BCUT2D eigenvalue weighted by molar-refractivity contribution is 8.03. The van der Waals surface area contributed by atoms with E-state index in [9.17, 15) is 14.9 Å². The molecule has 1 aliphatic heterocycles. The van der Waals surface area contributed by atoms with Crippen LogP contribution in [0.2, 0.25) is 0 Å². The van der Waals surface area contributed by atoms with Crippen LogP contribution in [0.1, 0.15) is 25.3 Å². The highest BCUT2D eigenvalue weighted by Crippen LogP contribution is 2.40. The summed E-state index contributed by atoms with van der Waals surface area (Å²) in [5.74, 6) is -0.777. The lowest BCUT2D eigenvalue weighted by molar-refractivity contribution is -0.114. The third-order valence-corrected chi connectivity index (χ3v) is 6.90. The minimum absolute atomic E-state index is 0.0892. The molecule has 0 spiro atoms. The summed E-state index contributed by atoms with van der Waals surface area (Å²) in [7, 11) is 0. The molecule has 0 unspecified atom stereocenters. The van der Waals surface area contributed by atoms with Crippen LogP contribution in [0.15, 0.2) is 70.7 Å². The second kappa shape index (κ2) is 9.34. The Bertz CT molecular complexity index is 1270. The van der Waals surface area contributed by atoms with Crippen LogP contribution in [-0.2, 0) is 9.59 Å². The van der Waals surface area contributed by atoms with Crippen LogP contribution in [-0.4, -0.2) is 27.4 Å². The summed E-state index contributed by atoms with van der Waals surface area (Å²) < 4.78 is 0.996. The van der Waals surface area contributed by atoms with E-state index in [1.165, 1.54) is 30.0 Å². The minimum Gasteiger partial charge on any atom is -0.353 e. The average molecular weight is 462 g/mol. The Kier molecular flexibility index (Phi) is 6.35. The van der Waals surface area contributed by atoms with Gasteiger partial charge in [-0.15, -0.1) is 0 Å². The van der Waals surface area contributed by atoms with Crippen molar-refractivity contribution in [3.8, 4) is 6.07 Å². The number of ketones is 1. The second-order valence-corrected chi connectivity index (χ2v) is 9.13. The number of allylic oxidation sites excluding steroid dienone is 3. The number of fused-ring (bicyclic) bond motifs is 1. The standard InChI is InChI=1S/C23H19N5O2S2/c1-13-20(14(2)29)21(15-6-5-9-25-11-15)16(10-24)22(26-13)31-12-19(30)28-23-27-17-7-3-4-8-18(17)32-23/h3-9,11,21,26H,12H2,1-2H3,(H,27,28,30)/t21-/m1/s1. The molecule has 2 N–H and O–H groups in total. The number of aromatic nitrogens is 2. The molecule has 1 aromatic carbocycles. The molecule has 1 aliphatic rings. The van der Waals surface area contributed by atoms with Crippen LogP contribution in [0.25, 0.3) is 10.2 Å². The second-order valence-electron chi connectivity index (χ2n) is 7.12. The van der Waals surface area contributed by atoms with Gasteiger partial charge in [-0.25, -0.2) is 4.98 Å². The van der Waals surface area contributed by atoms with Crippen molar-refractivity contribution in [2.75, 3.05) is 11.1 Å². The molecule has 4 rings (SSSR count).